The van der Waals surface area contributed by atoms with E-state index >= 15 is 0 Å². The summed E-state index contributed by atoms with van der Waals surface area (Å²) in [4.78, 5) is 24.1. The third-order valence-electron chi connectivity index (χ3n) is 4.98. The van der Waals surface area contributed by atoms with E-state index in [4.69, 9.17) is 21.4 Å². The van der Waals surface area contributed by atoms with Crippen molar-refractivity contribution in [1.29, 1.82) is 0 Å². The molecular weight excluding hydrogens is 360 g/mol. The lowest BCUT2D eigenvalue weighted by molar-refractivity contribution is -0.136. The van der Waals surface area contributed by atoms with E-state index in [9.17, 15) is 14.7 Å². The van der Waals surface area contributed by atoms with Gasteiger partial charge >= 0.3 is 11.9 Å². The molecule has 0 bridgehead atoms. The summed E-state index contributed by atoms with van der Waals surface area (Å²) in [7, 11) is 0. The van der Waals surface area contributed by atoms with Crippen molar-refractivity contribution in [1.82, 2.24) is 9.47 Å². The zero-order chi connectivity index (χ0) is 18.4. The van der Waals surface area contributed by atoms with Crippen LogP contribution in [0.25, 0.3) is 10.9 Å². The Balaban J connectivity index is 1.75. The summed E-state index contributed by atoms with van der Waals surface area (Å²) in [5, 5.41) is 20.0. The molecule has 0 unspecified atom stereocenters. The Morgan fingerprint density at radius 3 is 2.65 bits per heavy atom. The molecule has 1 aromatic heterocycles. The number of ether oxygens (including phenoxy) is 1. The fourth-order valence-corrected chi connectivity index (χ4v) is 4.15. The summed E-state index contributed by atoms with van der Waals surface area (Å²) in [6.07, 6.45) is 2.02. The molecule has 26 heavy (non-hydrogen) atoms. The fourth-order valence-electron chi connectivity index (χ4n) is 3.94. The highest BCUT2D eigenvalue weighted by Gasteiger charge is 2.28. The summed E-state index contributed by atoms with van der Waals surface area (Å²) in [5.41, 5.74) is 3.12. The summed E-state index contributed by atoms with van der Waals surface area (Å²) < 4.78 is 7.96. The van der Waals surface area contributed by atoms with Gasteiger partial charge in [-0.05, 0) is 18.1 Å². The summed E-state index contributed by atoms with van der Waals surface area (Å²) in [6, 6.07) is 3.80. The Morgan fingerprint density at radius 1 is 1.15 bits per heavy atom. The molecule has 2 aliphatic rings. The molecule has 0 fully saturated rings. The number of hydrogen-bond donors (Lipinski definition) is 2. The molecule has 7 nitrogen and oxygen atoms in total. The number of aromatic nitrogens is 1. The summed E-state index contributed by atoms with van der Waals surface area (Å²) >= 11 is 6.28. The molecule has 3 heterocycles. The number of carboxylic acids is 2. The van der Waals surface area contributed by atoms with Crippen LogP contribution < -0.4 is 4.74 Å². The highest BCUT2D eigenvalue weighted by atomic mass is 35.5. The summed E-state index contributed by atoms with van der Waals surface area (Å²) in [6.45, 7) is 2.14. The average Bonchev–Trinajstić information content (AvgIpc) is 2.76. The maximum absolute atomic E-state index is 11.5. The predicted octanol–water partition coefficient (Wildman–Crippen LogP) is 2.14. The Morgan fingerprint density at radius 2 is 1.92 bits per heavy atom. The van der Waals surface area contributed by atoms with Gasteiger partial charge in [-0.3, -0.25) is 0 Å². The van der Waals surface area contributed by atoms with Gasteiger partial charge in [-0.1, -0.05) is 17.7 Å². The molecule has 136 valence electrons. The van der Waals surface area contributed by atoms with Crippen molar-refractivity contribution in [3.8, 4) is 5.75 Å². The van der Waals surface area contributed by atoms with E-state index in [0.717, 1.165) is 34.8 Å². The van der Waals surface area contributed by atoms with Crippen molar-refractivity contribution in [2.24, 2.45) is 0 Å². The van der Waals surface area contributed by atoms with Crippen LogP contribution in [0.5, 0.6) is 5.75 Å². The maximum Gasteiger partial charge on any atom is 0.352 e. The van der Waals surface area contributed by atoms with Crippen LogP contribution in [0, 0.1) is 0 Å². The molecule has 0 saturated heterocycles. The lowest BCUT2D eigenvalue weighted by Gasteiger charge is -2.24. The van der Waals surface area contributed by atoms with E-state index in [0.29, 0.717) is 43.3 Å². The minimum absolute atomic E-state index is 0.183. The number of halogens is 1. The molecule has 2 aliphatic heterocycles. The highest BCUT2D eigenvalue weighted by molar-refractivity contribution is 6.33. The van der Waals surface area contributed by atoms with Crippen molar-refractivity contribution >= 4 is 34.4 Å². The van der Waals surface area contributed by atoms with Crippen LogP contribution in [0.2, 0.25) is 5.02 Å². The monoisotopic (exact) mass is 376 g/mol. The van der Waals surface area contributed by atoms with Gasteiger partial charge in [-0.15, -0.1) is 0 Å². The number of benzene rings is 1. The largest absolute Gasteiger partial charge is 0.488 e. The second-order valence-corrected chi connectivity index (χ2v) is 6.77. The second kappa shape index (κ2) is 6.25. The maximum atomic E-state index is 11.5. The smallest absolute Gasteiger partial charge is 0.352 e. The van der Waals surface area contributed by atoms with Gasteiger partial charge < -0.3 is 24.4 Å². The summed E-state index contributed by atoms with van der Waals surface area (Å²) in [5.74, 6) is -1.78. The quantitative estimate of drug-likeness (QED) is 0.797. The molecular formula is C18H17ClN2O5. The second-order valence-electron chi connectivity index (χ2n) is 6.36. The third-order valence-corrected chi connectivity index (χ3v) is 5.28. The van der Waals surface area contributed by atoms with Crippen LogP contribution >= 0.6 is 11.6 Å². The van der Waals surface area contributed by atoms with E-state index in [1.54, 1.807) is 4.90 Å². The number of fused-ring (bicyclic) bond motifs is 3. The van der Waals surface area contributed by atoms with Gasteiger partial charge in [0.15, 0.2) is 5.75 Å². The van der Waals surface area contributed by atoms with E-state index in [2.05, 4.69) is 4.57 Å². The van der Waals surface area contributed by atoms with E-state index in [1.807, 2.05) is 12.1 Å². The topological polar surface area (TPSA) is 92.0 Å². The first-order chi connectivity index (χ1) is 12.5. The Labute approximate surface area is 154 Å². The van der Waals surface area contributed by atoms with Crippen molar-refractivity contribution in [3.05, 3.63) is 40.2 Å². The van der Waals surface area contributed by atoms with Crippen molar-refractivity contribution < 1.29 is 24.5 Å². The molecule has 0 spiro atoms. The molecule has 0 atom stereocenters. The molecule has 0 radical (unpaired) electrons. The molecule has 1 aromatic carbocycles. The van der Waals surface area contributed by atoms with E-state index < -0.39 is 11.9 Å². The fraction of sp³-hybridized carbons (Fsp3) is 0.333. The van der Waals surface area contributed by atoms with E-state index in [-0.39, 0.29) is 5.70 Å². The van der Waals surface area contributed by atoms with Gasteiger partial charge in [0.05, 0.1) is 23.2 Å². The minimum atomic E-state index is -1.26. The van der Waals surface area contributed by atoms with Crippen LogP contribution in [-0.2, 0) is 29.0 Å². The van der Waals surface area contributed by atoms with Crippen LogP contribution in [0.3, 0.4) is 0 Å². The molecule has 2 aromatic rings. The van der Waals surface area contributed by atoms with E-state index in [1.165, 1.54) is 0 Å². The number of hydrogen-bond acceptors (Lipinski definition) is 4. The molecule has 4 rings (SSSR count). The molecule has 8 heteroatoms. The lowest BCUT2D eigenvalue weighted by Crippen LogP contribution is -2.31. The normalized spacial score (nSPS) is 16.8. The molecule has 0 aliphatic carbocycles. The van der Waals surface area contributed by atoms with Gasteiger partial charge in [0.25, 0.3) is 0 Å². The molecule has 0 saturated carbocycles. The zero-order valence-electron chi connectivity index (χ0n) is 13.9. The minimum Gasteiger partial charge on any atom is -0.488 e. The van der Waals surface area contributed by atoms with Crippen LogP contribution in [0.1, 0.15) is 11.3 Å². The number of rotatable bonds is 3. The van der Waals surface area contributed by atoms with Gasteiger partial charge in [0.1, 0.15) is 12.3 Å². The molecule has 0 amide bonds. The number of nitrogens with zero attached hydrogens (tertiary/aromatic N) is 2. The first-order valence-electron chi connectivity index (χ1n) is 8.35. The number of carboxylic acid groups (broad SMARTS) is 2. The highest BCUT2D eigenvalue weighted by Crippen LogP contribution is 2.41. The average molecular weight is 377 g/mol. The Kier molecular flexibility index (Phi) is 4.03. The predicted molar refractivity (Wildman–Crippen MR) is 94.8 cm³/mol. The molecule has 2 N–H and O–H groups in total. The number of carbonyl (C=O) groups is 2. The van der Waals surface area contributed by atoms with Gasteiger partial charge in [-0.25, -0.2) is 9.59 Å². The Hall–Kier alpha value is -2.67. The van der Waals surface area contributed by atoms with Crippen molar-refractivity contribution in [2.75, 3.05) is 19.7 Å². The van der Waals surface area contributed by atoms with Gasteiger partial charge in [0.2, 0.25) is 0 Å². The third kappa shape index (κ3) is 2.59. The Bertz CT molecular complexity index is 962. The first-order valence-corrected chi connectivity index (χ1v) is 8.73. The SMILES string of the molecule is O=C(O)C=C(C(=O)O)N1CCc2c(n3c4c(c(Cl)ccc24)OCC3)CC1. The van der Waals surface area contributed by atoms with Crippen LogP contribution in [0.15, 0.2) is 23.9 Å². The van der Waals surface area contributed by atoms with Gasteiger partial charge in [-0.2, -0.15) is 0 Å². The zero-order valence-corrected chi connectivity index (χ0v) is 14.6. The van der Waals surface area contributed by atoms with Crippen molar-refractivity contribution in [3.63, 3.8) is 0 Å². The van der Waals surface area contributed by atoms with Crippen LogP contribution in [-0.4, -0.2) is 51.3 Å². The van der Waals surface area contributed by atoms with Gasteiger partial charge in [0, 0.05) is 30.6 Å². The van der Waals surface area contributed by atoms with Crippen LogP contribution in [0.4, 0.5) is 0 Å². The first kappa shape index (κ1) is 16.8. The standard InChI is InChI=1S/C18H17ClN2O5/c19-12-2-1-11-10-3-5-20(14(18(24)25)9-15(22)23)6-4-13(10)21-7-8-26-17(12)16(11)21/h1-2,9H,3-8H2,(H,22,23)(H,24,25). The number of aliphatic carboxylic acids is 2. The lowest BCUT2D eigenvalue weighted by atomic mass is 10.1. The van der Waals surface area contributed by atoms with Crippen molar-refractivity contribution in [2.45, 2.75) is 19.4 Å².